The van der Waals surface area contributed by atoms with Crippen molar-refractivity contribution in [3.8, 4) is 5.75 Å². The predicted molar refractivity (Wildman–Crippen MR) is 117 cm³/mol. The first-order valence-corrected chi connectivity index (χ1v) is 12.0. The number of methoxy groups -OCH3 is 1. The number of esters is 1. The highest BCUT2D eigenvalue weighted by atomic mass is 32.2. The molecule has 1 heterocycles. The largest absolute Gasteiger partial charge is 0.508 e. The molecule has 0 spiro atoms. The second-order valence-electron chi connectivity index (χ2n) is 7.90. The Kier molecular flexibility index (Phi) is 5.92. The van der Waals surface area contributed by atoms with Crippen LogP contribution in [0.1, 0.15) is 35.6 Å². The number of hydrogen-bond donors (Lipinski definition) is 3. The molecule has 0 saturated heterocycles. The first-order valence-electron chi connectivity index (χ1n) is 10.3. The number of aromatic hydroxyl groups is 1. The monoisotopic (exact) mass is 456 g/mol. The number of sulfone groups is 1. The van der Waals surface area contributed by atoms with Gasteiger partial charge in [-0.3, -0.25) is 0 Å². The molecule has 0 unspecified atom stereocenters. The minimum absolute atomic E-state index is 0.000625. The molecule has 1 aliphatic carbocycles. The Hall–Kier alpha value is -3.33. The predicted octanol–water partition coefficient (Wildman–Crippen LogP) is 2.53. The average Bonchev–Trinajstić information content (AvgIpc) is 2.78. The van der Waals surface area contributed by atoms with Crippen molar-refractivity contribution in [2.24, 2.45) is 0 Å². The zero-order chi connectivity index (χ0) is 22.9. The van der Waals surface area contributed by atoms with E-state index in [1.165, 1.54) is 19.2 Å². The van der Waals surface area contributed by atoms with Crippen LogP contribution in [0.25, 0.3) is 0 Å². The van der Waals surface area contributed by atoms with Gasteiger partial charge in [-0.05, 0) is 66.6 Å². The molecule has 2 aromatic carbocycles. The van der Waals surface area contributed by atoms with Gasteiger partial charge >= 0.3 is 12.0 Å². The molecule has 2 aromatic rings. The van der Waals surface area contributed by atoms with Gasteiger partial charge in [-0.25, -0.2) is 18.0 Å². The molecular weight excluding hydrogens is 432 g/mol. The average molecular weight is 457 g/mol. The van der Waals surface area contributed by atoms with Crippen molar-refractivity contribution in [3.05, 3.63) is 70.4 Å². The lowest BCUT2D eigenvalue weighted by Gasteiger charge is -2.29. The number of nitrogens with one attached hydrogen (secondary N) is 2. The van der Waals surface area contributed by atoms with Gasteiger partial charge in [-0.1, -0.05) is 18.2 Å². The fraction of sp³-hybridized carbons (Fsp3) is 0.304. The summed E-state index contributed by atoms with van der Waals surface area (Å²) >= 11 is 0. The van der Waals surface area contributed by atoms with E-state index in [-0.39, 0.29) is 21.9 Å². The van der Waals surface area contributed by atoms with Crippen LogP contribution in [0.5, 0.6) is 5.75 Å². The Balaban J connectivity index is 1.75. The van der Waals surface area contributed by atoms with Gasteiger partial charge in [0.2, 0.25) is 0 Å². The third-order valence-corrected chi connectivity index (χ3v) is 7.44. The molecular formula is C23H24N2O6S. The Morgan fingerprint density at radius 2 is 1.78 bits per heavy atom. The van der Waals surface area contributed by atoms with Crippen LogP contribution < -0.4 is 10.6 Å². The Labute approximate surface area is 186 Å². The van der Waals surface area contributed by atoms with Crippen molar-refractivity contribution >= 4 is 21.8 Å². The number of benzene rings is 2. The van der Waals surface area contributed by atoms with E-state index in [1.807, 2.05) is 6.07 Å². The molecule has 168 valence electrons. The molecule has 2 amide bonds. The number of ether oxygens (including phenoxy) is 1. The second-order valence-corrected chi connectivity index (χ2v) is 9.89. The number of phenols is 1. The van der Waals surface area contributed by atoms with E-state index < -0.39 is 33.6 Å². The number of amides is 2. The number of hydrogen-bond acceptors (Lipinski definition) is 6. The van der Waals surface area contributed by atoms with Crippen LogP contribution in [0.2, 0.25) is 0 Å². The van der Waals surface area contributed by atoms with Gasteiger partial charge in [-0.15, -0.1) is 0 Å². The summed E-state index contributed by atoms with van der Waals surface area (Å²) in [5, 5.41) is 14.7. The SMILES string of the molecule is COC(=O)C1=C(CS(=O)(=O)c2ccc3c(c2)CCCC3)NC(=O)N[C@@H]1c1ccc(O)cc1. The quantitative estimate of drug-likeness (QED) is 0.595. The molecule has 0 bridgehead atoms. The summed E-state index contributed by atoms with van der Waals surface area (Å²) in [4.78, 5) is 25.1. The van der Waals surface area contributed by atoms with Crippen LogP contribution in [0.4, 0.5) is 4.79 Å². The highest BCUT2D eigenvalue weighted by Crippen LogP contribution is 2.31. The summed E-state index contributed by atoms with van der Waals surface area (Å²) in [5.41, 5.74) is 2.65. The van der Waals surface area contributed by atoms with Crippen LogP contribution in [-0.4, -0.2) is 38.4 Å². The zero-order valence-corrected chi connectivity index (χ0v) is 18.4. The maximum absolute atomic E-state index is 13.2. The molecule has 1 aliphatic heterocycles. The van der Waals surface area contributed by atoms with Gasteiger partial charge in [0.1, 0.15) is 5.75 Å². The van der Waals surface area contributed by atoms with Crippen LogP contribution in [-0.2, 0) is 32.2 Å². The molecule has 4 rings (SSSR count). The Morgan fingerprint density at radius 1 is 1.09 bits per heavy atom. The molecule has 3 N–H and O–H groups in total. The standard InChI is InChI=1S/C23H24N2O6S/c1-31-22(27)20-19(24-23(28)25-21(20)15-6-9-17(26)10-7-15)13-32(29,30)18-11-8-14-4-2-3-5-16(14)12-18/h6-12,21,26H,2-5,13H2,1H3,(H2,24,25,28)/t21-/m1/s1. The van der Waals surface area contributed by atoms with E-state index in [9.17, 15) is 23.1 Å². The maximum atomic E-state index is 13.2. The zero-order valence-electron chi connectivity index (χ0n) is 17.6. The van der Waals surface area contributed by atoms with Crippen molar-refractivity contribution in [2.75, 3.05) is 12.9 Å². The second kappa shape index (κ2) is 8.66. The van der Waals surface area contributed by atoms with E-state index in [0.29, 0.717) is 5.56 Å². The summed E-state index contributed by atoms with van der Waals surface area (Å²) in [6, 6.07) is 9.49. The van der Waals surface area contributed by atoms with E-state index in [2.05, 4.69) is 10.6 Å². The van der Waals surface area contributed by atoms with Crippen molar-refractivity contribution in [2.45, 2.75) is 36.6 Å². The summed E-state index contributed by atoms with van der Waals surface area (Å²) in [7, 11) is -2.66. The van der Waals surface area contributed by atoms with E-state index in [0.717, 1.165) is 36.8 Å². The van der Waals surface area contributed by atoms with Gasteiger partial charge in [0.05, 0.1) is 29.4 Å². The van der Waals surface area contributed by atoms with Gasteiger partial charge < -0.3 is 20.5 Å². The smallest absolute Gasteiger partial charge is 0.338 e. The molecule has 0 aromatic heterocycles. The lowest BCUT2D eigenvalue weighted by molar-refractivity contribution is -0.136. The number of urea groups is 1. The van der Waals surface area contributed by atoms with Crippen LogP contribution in [0.3, 0.4) is 0 Å². The molecule has 1 atom stereocenters. The van der Waals surface area contributed by atoms with Gasteiger partial charge in [0.25, 0.3) is 0 Å². The first kappa shape index (κ1) is 21.9. The minimum Gasteiger partial charge on any atom is -0.508 e. The van der Waals surface area contributed by atoms with E-state index in [4.69, 9.17) is 4.74 Å². The molecule has 9 heteroatoms. The molecule has 32 heavy (non-hydrogen) atoms. The summed E-state index contributed by atoms with van der Waals surface area (Å²) in [6.07, 6.45) is 3.87. The number of carbonyl (C=O) groups excluding carboxylic acids is 2. The van der Waals surface area contributed by atoms with Crippen molar-refractivity contribution in [1.82, 2.24) is 10.6 Å². The molecule has 0 radical (unpaired) electrons. The number of carbonyl (C=O) groups is 2. The molecule has 0 saturated carbocycles. The maximum Gasteiger partial charge on any atom is 0.338 e. The van der Waals surface area contributed by atoms with Crippen LogP contribution in [0.15, 0.2) is 58.6 Å². The number of phenolic OH excluding ortho intramolecular Hbond substituents is 1. The minimum atomic E-state index is -3.85. The topological polar surface area (TPSA) is 122 Å². The van der Waals surface area contributed by atoms with E-state index >= 15 is 0 Å². The van der Waals surface area contributed by atoms with E-state index in [1.54, 1.807) is 24.3 Å². The van der Waals surface area contributed by atoms with Crippen molar-refractivity contribution in [3.63, 3.8) is 0 Å². The van der Waals surface area contributed by atoms with Crippen LogP contribution >= 0.6 is 0 Å². The number of rotatable bonds is 5. The Morgan fingerprint density at radius 3 is 2.47 bits per heavy atom. The van der Waals surface area contributed by atoms with Crippen molar-refractivity contribution in [1.29, 1.82) is 0 Å². The first-order chi connectivity index (χ1) is 15.3. The number of fused-ring (bicyclic) bond motifs is 1. The van der Waals surface area contributed by atoms with Crippen molar-refractivity contribution < 1.29 is 27.9 Å². The normalized spacial score (nSPS) is 18.4. The highest BCUT2D eigenvalue weighted by molar-refractivity contribution is 7.91. The molecule has 2 aliphatic rings. The highest BCUT2D eigenvalue weighted by Gasteiger charge is 2.35. The summed E-state index contributed by atoms with van der Waals surface area (Å²) in [6.45, 7) is 0. The lowest BCUT2D eigenvalue weighted by atomic mass is 9.92. The Bertz CT molecular complexity index is 1200. The van der Waals surface area contributed by atoms with Crippen LogP contribution in [0, 0.1) is 0 Å². The van der Waals surface area contributed by atoms with Gasteiger partial charge in [-0.2, -0.15) is 0 Å². The third kappa shape index (κ3) is 4.34. The van der Waals surface area contributed by atoms with Gasteiger partial charge in [0, 0.05) is 5.70 Å². The fourth-order valence-electron chi connectivity index (χ4n) is 4.18. The summed E-state index contributed by atoms with van der Waals surface area (Å²) < 4.78 is 31.4. The fourth-order valence-corrected chi connectivity index (χ4v) is 5.55. The summed E-state index contributed by atoms with van der Waals surface area (Å²) in [5.74, 6) is -1.29. The molecule has 8 nitrogen and oxygen atoms in total. The lowest BCUT2D eigenvalue weighted by Crippen LogP contribution is -2.47. The third-order valence-electron chi connectivity index (χ3n) is 5.80. The molecule has 0 fully saturated rings. The number of aryl methyl sites for hydroxylation is 2. The van der Waals surface area contributed by atoms with Gasteiger partial charge in [0.15, 0.2) is 9.84 Å².